The molecule has 0 unspecified atom stereocenters. The zero-order chi connectivity index (χ0) is 18.5. The molecule has 2 aromatic carbocycles. The molecular weight excluding hydrogens is 351 g/mol. The van der Waals surface area contributed by atoms with Gasteiger partial charge >= 0.3 is 0 Å². The number of halogens is 1. The van der Waals surface area contributed by atoms with Crippen LogP contribution < -0.4 is 9.64 Å². The molecule has 1 heterocycles. The van der Waals surface area contributed by atoms with Crippen LogP contribution in [0.15, 0.2) is 53.9 Å². The van der Waals surface area contributed by atoms with E-state index in [1.54, 1.807) is 23.1 Å². The monoisotopic (exact) mass is 370 g/mol. The number of amides is 1. The smallest absolute Gasteiger partial charge is 0.230 e. The van der Waals surface area contributed by atoms with Crippen molar-refractivity contribution >= 4 is 28.1 Å². The predicted molar refractivity (Wildman–Crippen MR) is 101 cm³/mol. The third-order valence-corrected chi connectivity index (χ3v) is 4.74. The summed E-state index contributed by atoms with van der Waals surface area (Å²) in [5, 5.41) is 2.38. The number of para-hydroxylation sites is 1. The van der Waals surface area contributed by atoms with Gasteiger partial charge < -0.3 is 4.74 Å². The largest absolute Gasteiger partial charge is 0.484 e. The average Bonchev–Trinajstić information content (AvgIpc) is 3.10. The van der Waals surface area contributed by atoms with Gasteiger partial charge in [-0.3, -0.25) is 9.69 Å². The van der Waals surface area contributed by atoms with Gasteiger partial charge in [-0.25, -0.2) is 9.37 Å². The Morgan fingerprint density at radius 3 is 2.58 bits per heavy atom. The van der Waals surface area contributed by atoms with Gasteiger partial charge in [0.25, 0.3) is 0 Å². The molecule has 0 saturated heterocycles. The molecule has 3 aromatic rings. The van der Waals surface area contributed by atoms with E-state index in [0.717, 1.165) is 12.1 Å². The number of rotatable bonds is 6. The van der Waals surface area contributed by atoms with Gasteiger partial charge in [0.05, 0.1) is 11.4 Å². The zero-order valence-corrected chi connectivity index (χ0v) is 15.4. The first-order chi connectivity index (χ1) is 12.6. The van der Waals surface area contributed by atoms with E-state index in [-0.39, 0.29) is 18.3 Å². The maximum absolute atomic E-state index is 13.6. The summed E-state index contributed by atoms with van der Waals surface area (Å²) in [6, 6.07) is 14.1. The SMILES string of the molecule is CCc1ccc(N(C(C)=O)c2nc(COc3ccccc3F)cs2)cc1. The lowest BCUT2D eigenvalue weighted by molar-refractivity contribution is -0.115. The van der Waals surface area contributed by atoms with Gasteiger partial charge in [-0.1, -0.05) is 31.2 Å². The maximum Gasteiger partial charge on any atom is 0.230 e. The van der Waals surface area contributed by atoms with E-state index >= 15 is 0 Å². The average molecular weight is 370 g/mol. The Morgan fingerprint density at radius 1 is 1.19 bits per heavy atom. The lowest BCUT2D eigenvalue weighted by atomic mass is 10.1. The van der Waals surface area contributed by atoms with Crippen molar-refractivity contribution in [3.05, 3.63) is 71.0 Å². The fourth-order valence-electron chi connectivity index (χ4n) is 2.49. The third-order valence-electron chi connectivity index (χ3n) is 3.86. The molecule has 0 N–H and O–H groups in total. The highest BCUT2D eigenvalue weighted by molar-refractivity contribution is 7.14. The summed E-state index contributed by atoms with van der Waals surface area (Å²) in [5.74, 6) is -0.352. The van der Waals surface area contributed by atoms with Crippen LogP contribution in [0.5, 0.6) is 5.75 Å². The standard InChI is InChI=1S/C20H19FN2O2S/c1-3-15-8-10-17(11-9-15)23(14(2)24)20-22-16(13-26-20)12-25-19-7-5-4-6-18(19)21/h4-11,13H,3,12H2,1-2H3. The first-order valence-corrected chi connectivity index (χ1v) is 9.18. The molecule has 0 saturated carbocycles. The first-order valence-electron chi connectivity index (χ1n) is 8.30. The van der Waals surface area contributed by atoms with Crippen LogP contribution in [-0.4, -0.2) is 10.9 Å². The van der Waals surface area contributed by atoms with E-state index in [9.17, 15) is 9.18 Å². The number of anilines is 2. The molecule has 0 atom stereocenters. The van der Waals surface area contributed by atoms with Crippen LogP contribution in [0.4, 0.5) is 15.2 Å². The number of hydrogen-bond acceptors (Lipinski definition) is 4. The lowest BCUT2D eigenvalue weighted by Gasteiger charge is -2.18. The number of aryl methyl sites for hydroxylation is 1. The highest BCUT2D eigenvalue weighted by Crippen LogP contribution is 2.29. The second kappa shape index (κ2) is 8.10. The molecular formula is C20H19FN2O2S. The lowest BCUT2D eigenvalue weighted by Crippen LogP contribution is -2.22. The number of benzene rings is 2. The van der Waals surface area contributed by atoms with Crippen molar-refractivity contribution in [2.75, 3.05) is 4.90 Å². The molecule has 0 spiro atoms. The minimum absolute atomic E-state index is 0.120. The second-order valence-corrected chi connectivity index (χ2v) is 6.55. The minimum Gasteiger partial charge on any atom is -0.484 e. The number of aromatic nitrogens is 1. The summed E-state index contributed by atoms with van der Waals surface area (Å²) in [6.07, 6.45) is 0.940. The number of hydrogen-bond donors (Lipinski definition) is 0. The molecule has 4 nitrogen and oxygen atoms in total. The Bertz CT molecular complexity index is 893. The Hall–Kier alpha value is -2.73. The van der Waals surface area contributed by atoms with Gasteiger partial charge in [0, 0.05) is 12.3 Å². The molecule has 0 bridgehead atoms. The van der Waals surface area contributed by atoms with E-state index in [1.807, 2.05) is 29.6 Å². The van der Waals surface area contributed by atoms with Crippen LogP contribution in [0.3, 0.4) is 0 Å². The Kier molecular flexibility index (Phi) is 5.63. The van der Waals surface area contributed by atoms with E-state index in [2.05, 4.69) is 11.9 Å². The summed E-state index contributed by atoms with van der Waals surface area (Å²) in [5.41, 5.74) is 2.62. The number of carbonyl (C=O) groups is 1. The maximum atomic E-state index is 13.6. The summed E-state index contributed by atoms with van der Waals surface area (Å²) in [6.45, 7) is 3.73. The van der Waals surface area contributed by atoms with Crippen molar-refractivity contribution in [2.45, 2.75) is 26.9 Å². The molecule has 0 aliphatic rings. The number of thiazole rings is 1. The number of carbonyl (C=O) groups excluding carboxylic acids is 1. The summed E-state index contributed by atoms with van der Waals surface area (Å²) >= 11 is 1.35. The summed E-state index contributed by atoms with van der Waals surface area (Å²) in [7, 11) is 0. The van der Waals surface area contributed by atoms with Crippen LogP contribution in [0.25, 0.3) is 0 Å². The first kappa shape index (κ1) is 18.1. The second-order valence-electron chi connectivity index (χ2n) is 5.71. The molecule has 3 rings (SSSR count). The van der Waals surface area contributed by atoms with Crippen LogP contribution in [0.2, 0.25) is 0 Å². The van der Waals surface area contributed by atoms with Crippen LogP contribution in [0, 0.1) is 5.82 Å². The van der Waals surface area contributed by atoms with Gasteiger partial charge in [-0.2, -0.15) is 0 Å². The molecule has 1 aromatic heterocycles. The molecule has 0 aliphatic carbocycles. The molecule has 0 aliphatic heterocycles. The topological polar surface area (TPSA) is 42.4 Å². The van der Waals surface area contributed by atoms with Crippen LogP contribution >= 0.6 is 11.3 Å². The normalized spacial score (nSPS) is 10.6. The third kappa shape index (κ3) is 4.08. The molecule has 0 fully saturated rings. The highest BCUT2D eigenvalue weighted by Gasteiger charge is 2.18. The fourth-order valence-corrected chi connectivity index (χ4v) is 3.36. The van der Waals surface area contributed by atoms with Crippen molar-refractivity contribution in [2.24, 2.45) is 0 Å². The molecule has 6 heteroatoms. The Labute approximate surface area is 155 Å². The van der Waals surface area contributed by atoms with Crippen molar-refractivity contribution in [3.8, 4) is 5.75 Å². The fraction of sp³-hybridized carbons (Fsp3) is 0.200. The number of nitrogens with zero attached hydrogens (tertiary/aromatic N) is 2. The highest BCUT2D eigenvalue weighted by atomic mass is 32.1. The predicted octanol–water partition coefficient (Wildman–Crippen LogP) is 5.11. The van der Waals surface area contributed by atoms with Crippen LogP contribution in [0.1, 0.15) is 25.1 Å². The van der Waals surface area contributed by atoms with Crippen molar-refractivity contribution < 1.29 is 13.9 Å². The van der Waals surface area contributed by atoms with Crippen molar-refractivity contribution in [1.29, 1.82) is 0 Å². The molecule has 1 amide bonds. The van der Waals surface area contributed by atoms with Gasteiger partial charge in [0.15, 0.2) is 16.7 Å². The van der Waals surface area contributed by atoms with Crippen molar-refractivity contribution in [1.82, 2.24) is 4.98 Å². The van der Waals surface area contributed by atoms with Crippen molar-refractivity contribution in [3.63, 3.8) is 0 Å². The molecule has 26 heavy (non-hydrogen) atoms. The quantitative estimate of drug-likeness (QED) is 0.606. The van der Waals surface area contributed by atoms with Gasteiger partial charge in [0.1, 0.15) is 6.61 Å². The van der Waals surface area contributed by atoms with Gasteiger partial charge in [0.2, 0.25) is 5.91 Å². The van der Waals surface area contributed by atoms with E-state index in [0.29, 0.717) is 10.8 Å². The summed E-state index contributed by atoms with van der Waals surface area (Å²) < 4.78 is 19.1. The van der Waals surface area contributed by atoms with Gasteiger partial charge in [-0.05, 0) is 36.2 Å². The Morgan fingerprint density at radius 2 is 1.92 bits per heavy atom. The number of ether oxygens (including phenoxy) is 1. The molecule has 0 radical (unpaired) electrons. The van der Waals surface area contributed by atoms with Gasteiger partial charge in [-0.15, -0.1) is 11.3 Å². The molecule has 134 valence electrons. The summed E-state index contributed by atoms with van der Waals surface area (Å²) in [4.78, 5) is 18.2. The zero-order valence-electron chi connectivity index (χ0n) is 14.6. The minimum atomic E-state index is -0.413. The Balaban J connectivity index is 1.77. The van der Waals surface area contributed by atoms with Crippen LogP contribution in [-0.2, 0) is 17.8 Å². The van der Waals surface area contributed by atoms with E-state index in [4.69, 9.17) is 4.74 Å². The van der Waals surface area contributed by atoms with E-state index < -0.39 is 5.82 Å². The van der Waals surface area contributed by atoms with E-state index in [1.165, 1.54) is 29.9 Å².